The summed E-state index contributed by atoms with van der Waals surface area (Å²) in [4.78, 5) is 9.57. The number of pyridine rings is 1. The van der Waals surface area contributed by atoms with Gasteiger partial charge in [0.2, 0.25) is 0 Å². The number of halogens is 1. The number of aromatic nitrogens is 3. The highest BCUT2D eigenvalue weighted by Gasteiger charge is 2.33. The second-order valence-corrected chi connectivity index (χ2v) is 10.4. The second kappa shape index (κ2) is 7.75. The standard InChI is InChI=1S/C21H24ClN3O4S/c1-30(26,27)29-12-16-10-15(7-8-28-16)25-20-17-9-14(22)5-6-18(17)23-11-19(20)24-21(25)13-3-2-4-13/h5-6,9,11,13,15-16H,2-4,7-8,10,12H2,1H3/t15-,16+/m1/s1. The van der Waals surface area contributed by atoms with Crippen LogP contribution in [0.3, 0.4) is 0 Å². The molecule has 5 rings (SSSR count). The number of ether oxygens (including phenoxy) is 1. The molecule has 0 radical (unpaired) electrons. The molecule has 7 nitrogen and oxygen atoms in total. The number of fused-ring (bicyclic) bond motifs is 3. The first-order chi connectivity index (χ1) is 14.4. The van der Waals surface area contributed by atoms with Crippen molar-refractivity contribution in [3.8, 4) is 0 Å². The van der Waals surface area contributed by atoms with Gasteiger partial charge in [0.25, 0.3) is 10.1 Å². The molecule has 1 aliphatic carbocycles. The number of rotatable bonds is 5. The van der Waals surface area contributed by atoms with Crippen molar-refractivity contribution >= 4 is 43.7 Å². The van der Waals surface area contributed by atoms with Gasteiger partial charge in [-0.2, -0.15) is 8.42 Å². The summed E-state index contributed by atoms with van der Waals surface area (Å²) in [6.07, 6.45) is 7.63. The quantitative estimate of drug-likeness (QED) is 0.543. The third-order valence-electron chi connectivity index (χ3n) is 6.15. The van der Waals surface area contributed by atoms with E-state index in [4.69, 9.17) is 25.5 Å². The average Bonchev–Trinajstić information content (AvgIpc) is 3.04. The monoisotopic (exact) mass is 449 g/mol. The van der Waals surface area contributed by atoms with Crippen LogP contribution in [0.25, 0.3) is 21.9 Å². The van der Waals surface area contributed by atoms with Crippen LogP contribution in [0.1, 0.15) is 49.9 Å². The molecule has 2 fully saturated rings. The van der Waals surface area contributed by atoms with Crippen molar-refractivity contribution in [1.82, 2.24) is 14.5 Å². The zero-order chi connectivity index (χ0) is 20.9. The number of nitrogens with zero attached hydrogens (tertiary/aromatic N) is 3. The van der Waals surface area contributed by atoms with E-state index in [1.165, 1.54) is 6.42 Å². The lowest BCUT2D eigenvalue weighted by Gasteiger charge is -2.34. The van der Waals surface area contributed by atoms with Gasteiger partial charge in [0.1, 0.15) is 11.3 Å². The van der Waals surface area contributed by atoms with Crippen LogP contribution in [0.5, 0.6) is 0 Å². The fourth-order valence-corrected chi connectivity index (χ4v) is 5.07. The smallest absolute Gasteiger partial charge is 0.264 e. The van der Waals surface area contributed by atoms with Gasteiger partial charge in [0, 0.05) is 29.0 Å². The van der Waals surface area contributed by atoms with Crippen LogP contribution < -0.4 is 0 Å². The SMILES string of the molecule is CS(=O)(=O)OC[C@@H]1C[C@H](n2c(C3CCC3)nc3cnc4ccc(Cl)cc4c32)CCO1. The molecule has 0 amide bonds. The summed E-state index contributed by atoms with van der Waals surface area (Å²) in [5, 5.41) is 1.66. The molecule has 1 saturated carbocycles. The predicted octanol–water partition coefficient (Wildman–Crippen LogP) is 4.20. The maximum atomic E-state index is 11.4. The van der Waals surface area contributed by atoms with E-state index in [1.54, 1.807) is 0 Å². The summed E-state index contributed by atoms with van der Waals surface area (Å²) in [5.74, 6) is 1.54. The molecule has 2 aliphatic rings. The Morgan fingerprint density at radius 2 is 2.10 bits per heavy atom. The minimum Gasteiger partial charge on any atom is -0.376 e. The zero-order valence-electron chi connectivity index (χ0n) is 16.8. The van der Waals surface area contributed by atoms with Crippen molar-refractivity contribution in [2.45, 2.75) is 50.2 Å². The Hall–Kier alpha value is -1.74. The second-order valence-electron chi connectivity index (χ2n) is 8.28. The van der Waals surface area contributed by atoms with Gasteiger partial charge < -0.3 is 9.30 Å². The molecular weight excluding hydrogens is 426 g/mol. The Morgan fingerprint density at radius 3 is 2.83 bits per heavy atom. The van der Waals surface area contributed by atoms with Crippen molar-refractivity contribution in [3.63, 3.8) is 0 Å². The fourth-order valence-electron chi connectivity index (χ4n) is 4.50. The van der Waals surface area contributed by atoms with Crippen LogP contribution in [0.15, 0.2) is 24.4 Å². The van der Waals surface area contributed by atoms with Crippen LogP contribution in [0, 0.1) is 0 Å². The van der Waals surface area contributed by atoms with Crippen molar-refractivity contribution in [2.75, 3.05) is 19.5 Å². The summed E-state index contributed by atoms with van der Waals surface area (Å²) in [6, 6.07) is 5.89. The van der Waals surface area contributed by atoms with Crippen molar-refractivity contribution in [1.29, 1.82) is 0 Å². The fraction of sp³-hybridized carbons (Fsp3) is 0.524. The molecule has 9 heteroatoms. The van der Waals surface area contributed by atoms with Gasteiger partial charge in [0.15, 0.2) is 0 Å². The highest BCUT2D eigenvalue weighted by molar-refractivity contribution is 7.85. The summed E-state index contributed by atoms with van der Waals surface area (Å²) < 4.78 is 36.0. The van der Waals surface area contributed by atoms with E-state index in [-0.39, 0.29) is 18.8 Å². The molecule has 0 N–H and O–H groups in total. The first-order valence-corrected chi connectivity index (χ1v) is 12.5. The molecular formula is C21H24ClN3O4S. The van der Waals surface area contributed by atoms with Gasteiger partial charge >= 0.3 is 0 Å². The molecule has 160 valence electrons. The van der Waals surface area contributed by atoms with E-state index in [0.29, 0.717) is 24.0 Å². The topological polar surface area (TPSA) is 83.3 Å². The number of benzene rings is 1. The molecule has 3 aromatic rings. The van der Waals surface area contributed by atoms with Gasteiger partial charge in [-0.25, -0.2) is 4.98 Å². The van der Waals surface area contributed by atoms with E-state index < -0.39 is 10.1 Å². The molecule has 1 saturated heterocycles. The van der Waals surface area contributed by atoms with Crippen molar-refractivity contribution in [3.05, 3.63) is 35.2 Å². The van der Waals surface area contributed by atoms with Crippen LogP contribution in [0.4, 0.5) is 0 Å². The highest BCUT2D eigenvalue weighted by atomic mass is 35.5. The molecule has 2 atom stereocenters. The van der Waals surface area contributed by atoms with Gasteiger partial charge in [0.05, 0.1) is 36.2 Å². The maximum Gasteiger partial charge on any atom is 0.264 e. The van der Waals surface area contributed by atoms with E-state index in [9.17, 15) is 8.42 Å². The van der Waals surface area contributed by atoms with Gasteiger partial charge in [-0.15, -0.1) is 0 Å². The number of imidazole rings is 1. The van der Waals surface area contributed by atoms with Crippen LogP contribution >= 0.6 is 11.6 Å². The van der Waals surface area contributed by atoms with E-state index >= 15 is 0 Å². The van der Waals surface area contributed by atoms with Gasteiger partial charge in [-0.05, 0) is 43.9 Å². The Labute approximate surface area is 180 Å². The average molecular weight is 450 g/mol. The molecule has 0 spiro atoms. The summed E-state index contributed by atoms with van der Waals surface area (Å²) in [6.45, 7) is 0.588. The Balaban J connectivity index is 1.60. The molecule has 1 aromatic carbocycles. The van der Waals surface area contributed by atoms with Crippen molar-refractivity contribution < 1.29 is 17.3 Å². The van der Waals surface area contributed by atoms with Crippen LogP contribution in [-0.2, 0) is 19.0 Å². The minimum atomic E-state index is -3.50. The minimum absolute atomic E-state index is 0.0366. The van der Waals surface area contributed by atoms with Crippen LogP contribution in [0.2, 0.25) is 5.02 Å². The normalized spacial score (nSPS) is 23.1. The van der Waals surface area contributed by atoms with Gasteiger partial charge in [-0.1, -0.05) is 18.0 Å². The molecule has 0 bridgehead atoms. The molecule has 3 heterocycles. The molecule has 0 unspecified atom stereocenters. The summed E-state index contributed by atoms with van der Waals surface area (Å²) in [5.41, 5.74) is 2.82. The molecule has 30 heavy (non-hydrogen) atoms. The highest BCUT2D eigenvalue weighted by Crippen LogP contribution is 2.42. The van der Waals surface area contributed by atoms with E-state index in [2.05, 4.69) is 9.55 Å². The summed E-state index contributed by atoms with van der Waals surface area (Å²) in [7, 11) is -3.50. The maximum absolute atomic E-state index is 11.4. The lowest BCUT2D eigenvalue weighted by molar-refractivity contribution is -0.0279. The predicted molar refractivity (Wildman–Crippen MR) is 115 cm³/mol. The zero-order valence-corrected chi connectivity index (χ0v) is 18.3. The van der Waals surface area contributed by atoms with Crippen molar-refractivity contribution in [2.24, 2.45) is 0 Å². The Morgan fingerprint density at radius 1 is 1.27 bits per heavy atom. The van der Waals surface area contributed by atoms with E-state index in [1.807, 2.05) is 24.4 Å². The summed E-state index contributed by atoms with van der Waals surface area (Å²) >= 11 is 6.32. The third-order valence-corrected chi connectivity index (χ3v) is 6.95. The van der Waals surface area contributed by atoms with E-state index in [0.717, 1.165) is 53.3 Å². The van der Waals surface area contributed by atoms with Crippen LogP contribution in [-0.4, -0.2) is 48.5 Å². The van der Waals surface area contributed by atoms with Gasteiger partial charge in [-0.3, -0.25) is 9.17 Å². The first-order valence-electron chi connectivity index (χ1n) is 10.3. The Bertz CT molecular complexity index is 1210. The lowest BCUT2D eigenvalue weighted by Crippen LogP contribution is -2.33. The largest absolute Gasteiger partial charge is 0.376 e. The molecule has 1 aliphatic heterocycles. The number of hydrogen-bond acceptors (Lipinski definition) is 6. The number of hydrogen-bond donors (Lipinski definition) is 0. The first kappa shape index (κ1) is 20.2. The third kappa shape index (κ3) is 3.82. The molecule has 2 aromatic heterocycles. The Kier molecular flexibility index (Phi) is 5.21. The lowest BCUT2D eigenvalue weighted by atomic mass is 9.84.